The number of nitrogens with zero attached hydrogens (tertiary/aromatic N) is 4. The molecule has 39 heavy (non-hydrogen) atoms. The molecule has 0 radical (unpaired) electrons. The molecule has 0 saturated heterocycles. The van der Waals surface area contributed by atoms with Gasteiger partial charge in [0, 0.05) is 40.5 Å². The van der Waals surface area contributed by atoms with Crippen LogP contribution in [0.1, 0.15) is 27.9 Å². The highest BCUT2D eigenvalue weighted by Gasteiger charge is 2.19. The van der Waals surface area contributed by atoms with E-state index in [0.717, 1.165) is 0 Å². The van der Waals surface area contributed by atoms with E-state index in [0.29, 0.717) is 38.4 Å². The lowest BCUT2D eigenvalue weighted by atomic mass is 10.1. The highest BCUT2D eigenvalue weighted by Crippen LogP contribution is 2.31. The standard InChI is InChI=1S/C26H24BrN5O7/c1-16-24(27)21(15-37-2)20(11-28)26(34)31(16)13-23(33)30-29-12-18-5-4-6-22(38-3)25(18)39-14-17-7-9-19(10-8-17)32(35)36/h4-10,12H,13-15H2,1-3H3,(H,30,33)/b29-12-. The van der Waals surface area contributed by atoms with Crippen LogP contribution in [0, 0.1) is 28.4 Å². The number of carbonyl (C=O) groups excluding carboxylic acids is 1. The molecule has 3 rings (SSSR count). The predicted octanol–water partition coefficient (Wildman–Crippen LogP) is 3.58. The van der Waals surface area contributed by atoms with Gasteiger partial charge in [-0.3, -0.25) is 19.7 Å². The van der Waals surface area contributed by atoms with E-state index in [4.69, 9.17) is 14.2 Å². The van der Waals surface area contributed by atoms with Gasteiger partial charge in [-0.05, 0) is 52.7 Å². The summed E-state index contributed by atoms with van der Waals surface area (Å²) in [5.41, 5.74) is 3.68. The van der Waals surface area contributed by atoms with E-state index in [-0.39, 0.29) is 31.0 Å². The van der Waals surface area contributed by atoms with E-state index in [9.17, 15) is 25.0 Å². The minimum Gasteiger partial charge on any atom is -0.493 e. The number of hydrazone groups is 1. The van der Waals surface area contributed by atoms with Gasteiger partial charge in [0.15, 0.2) is 11.5 Å². The van der Waals surface area contributed by atoms with Gasteiger partial charge in [-0.25, -0.2) is 5.43 Å². The Balaban J connectivity index is 1.76. The molecule has 0 aliphatic rings. The molecule has 0 bridgehead atoms. The van der Waals surface area contributed by atoms with Crippen molar-refractivity contribution in [2.45, 2.75) is 26.7 Å². The zero-order valence-corrected chi connectivity index (χ0v) is 22.9. The molecule has 3 aromatic rings. The van der Waals surface area contributed by atoms with E-state index >= 15 is 0 Å². The third-order valence-corrected chi connectivity index (χ3v) is 6.66. The average Bonchev–Trinajstić information content (AvgIpc) is 2.93. The number of nitro groups is 1. The number of rotatable bonds is 11. The van der Waals surface area contributed by atoms with Crippen LogP contribution in [-0.4, -0.2) is 35.8 Å². The Hall–Kier alpha value is -4.54. The summed E-state index contributed by atoms with van der Waals surface area (Å²) in [5, 5.41) is 24.3. The van der Waals surface area contributed by atoms with Crippen LogP contribution < -0.4 is 20.5 Å². The number of benzene rings is 2. The van der Waals surface area contributed by atoms with Crippen LogP contribution in [0.15, 0.2) is 56.8 Å². The minimum atomic E-state index is -0.612. The summed E-state index contributed by atoms with van der Waals surface area (Å²) in [7, 11) is 2.93. The van der Waals surface area contributed by atoms with Crippen molar-refractivity contribution in [2.24, 2.45) is 5.10 Å². The van der Waals surface area contributed by atoms with Gasteiger partial charge < -0.3 is 18.8 Å². The molecule has 0 unspecified atom stereocenters. The van der Waals surface area contributed by atoms with Crippen molar-refractivity contribution in [3.8, 4) is 17.6 Å². The highest BCUT2D eigenvalue weighted by atomic mass is 79.9. The largest absolute Gasteiger partial charge is 0.493 e. The number of nitro benzene ring substituents is 1. The van der Waals surface area contributed by atoms with Crippen LogP contribution in [0.2, 0.25) is 0 Å². The molecule has 0 atom stereocenters. The SMILES string of the molecule is COCc1c(Br)c(C)n(CC(=O)N/N=C\c2cccc(OC)c2OCc2ccc([N+](=O)[O-])cc2)c(=O)c1C#N. The van der Waals surface area contributed by atoms with Gasteiger partial charge in [-0.1, -0.05) is 6.07 Å². The van der Waals surface area contributed by atoms with Gasteiger partial charge >= 0.3 is 0 Å². The molecule has 13 heteroatoms. The van der Waals surface area contributed by atoms with Crippen LogP contribution in [0.25, 0.3) is 0 Å². The van der Waals surface area contributed by atoms with Gasteiger partial charge in [0.25, 0.3) is 17.2 Å². The van der Waals surface area contributed by atoms with E-state index in [2.05, 4.69) is 26.5 Å². The Bertz CT molecular complexity index is 1510. The number of hydrogen-bond acceptors (Lipinski definition) is 9. The van der Waals surface area contributed by atoms with E-state index in [1.807, 2.05) is 6.07 Å². The zero-order chi connectivity index (χ0) is 28.5. The van der Waals surface area contributed by atoms with Crippen LogP contribution in [0.5, 0.6) is 11.5 Å². The number of pyridine rings is 1. The number of para-hydroxylation sites is 1. The molecule has 1 amide bonds. The Morgan fingerprint density at radius 2 is 1.95 bits per heavy atom. The first-order valence-corrected chi connectivity index (χ1v) is 12.2. The van der Waals surface area contributed by atoms with Gasteiger partial charge in [-0.15, -0.1) is 0 Å². The normalized spacial score (nSPS) is 10.7. The quantitative estimate of drug-likeness (QED) is 0.199. The number of aromatic nitrogens is 1. The second kappa shape index (κ2) is 13.3. The maximum Gasteiger partial charge on any atom is 0.269 e. The molecular formula is C26H24BrN5O7. The number of non-ortho nitro benzene ring substituents is 1. The fourth-order valence-electron chi connectivity index (χ4n) is 3.62. The van der Waals surface area contributed by atoms with Gasteiger partial charge in [0.2, 0.25) is 0 Å². The van der Waals surface area contributed by atoms with Gasteiger partial charge in [0.05, 0.1) is 24.9 Å². The van der Waals surface area contributed by atoms with Crippen molar-refractivity contribution in [1.29, 1.82) is 5.26 Å². The van der Waals surface area contributed by atoms with Crippen LogP contribution in [0.3, 0.4) is 0 Å². The molecule has 0 aliphatic carbocycles. The molecule has 202 valence electrons. The monoisotopic (exact) mass is 597 g/mol. The summed E-state index contributed by atoms with van der Waals surface area (Å²) in [6.07, 6.45) is 1.36. The molecule has 12 nitrogen and oxygen atoms in total. The minimum absolute atomic E-state index is 0.0285. The molecular weight excluding hydrogens is 574 g/mol. The number of ether oxygens (including phenoxy) is 3. The topological polar surface area (TPSA) is 158 Å². The fourth-order valence-corrected chi connectivity index (χ4v) is 4.15. The smallest absolute Gasteiger partial charge is 0.269 e. The number of nitrogens with one attached hydrogen (secondary N) is 1. The lowest BCUT2D eigenvalue weighted by Crippen LogP contribution is -2.33. The third kappa shape index (κ3) is 6.86. The van der Waals surface area contributed by atoms with Crippen LogP contribution >= 0.6 is 15.9 Å². The van der Waals surface area contributed by atoms with Crippen molar-refractivity contribution in [1.82, 2.24) is 9.99 Å². The summed E-state index contributed by atoms with van der Waals surface area (Å²) < 4.78 is 18.1. The molecule has 0 aliphatic heterocycles. The molecule has 1 heterocycles. The first-order valence-electron chi connectivity index (χ1n) is 11.4. The van der Waals surface area contributed by atoms with Crippen molar-refractivity contribution < 1.29 is 23.9 Å². The number of methoxy groups -OCH3 is 2. The first kappa shape index (κ1) is 29.0. The third-order valence-electron chi connectivity index (χ3n) is 5.60. The van der Waals surface area contributed by atoms with E-state index in [1.54, 1.807) is 37.3 Å². The number of amides is 1. The maximum atomic E-state index is 12.8. The molecule has 0 fully saturated rings. The van der Waals surface area contributed by atoms with Crippen LogP contribution in [0.4, 0.5) is 5.69 Å². The number of carbonyl (C=O) groups is 1. The molecule has 1 aromatic heterocycles. The summed E-state index contributed by atoms with van der Waals surface area (Å²) in [5.74, 6) is 0.169. The van der Waals surface area contributed by atoms with Crippen molar-refractivity contribution in [3.05, 3.63) is 95.4 Å². The second-order valence-corrected chi connectivity index (χ2v) is 8.87. The molecule has 0 saturated carbocycles. The average molecular weight is 598 g/mol. The second-order valence-electron chi connectivity index (χ2n) is 8.07. The van der Waals surface area contributed by atoms with Crippen LogP contribution in [-0.2, 0) is 29.3 Å². The highest BCUT2D eigenvalue weighted by molar-refractivity contribution is 9.10. The summed E-state index contributed by atoms with van der Waals surface area (Å²) in [6, 6.07) is 12.9. The van der Waals surface area contributed by atoms with Crippen molar-refractivity contribution in [3.63, 3.8) is 0 Å². The Morgan fingerprint density at radius 1 is 1.23 bits per heavy atom. The lowest BCUT2D eigenvalue weighted by molar-refractivity contribution is -0.384. The number of hydrogen-bond donors (Lipinski definition) is 1. The summed E-state index contributed by atoms with van der Waals surface area (Å²) >= 11 is 3.39. The summed E-state index contributed by atoms with van der Waals surface area (Å²) in [6.45, 7) is 1.44. The van der Waals surface area contributed by atoms with Crippen molar-refractivity contribution >= 4 is 33.7 Å². The first-order chi connectivity index (χ1) is 18.7. The van der Waals surface area contributed by atoms with Gasteiger partial charge in [-0.2, -0.15) is 10.4 Å². The fraction of sp³-hybridized carbons (Fsp3) is 0.231. The number of nitriles is 1. The predicted molar refractivity (Wildman–Crippen MR) is 145 cm³/mol. The van der Waals surface area contributed by atoms with Gasteiger partial charge in [0.1, 0.15) is 24.8 Å². The number of halogens is 1. The molecule has 2 aromatic carbocycles. The Labute approximate surface area is 231 Å². The van der Waals surface area contributed by atoms with E-state index < -0.39 is 16.4 Å². The lowest BCUT2D eigenvalue weighted by Gasteiger charge is -2.15. The Kier molecular flexibility index (Phi) is 9.91. The zero-order valence-electron chi connectivity index (χ0n) is 21.3. The summed E-state index contributed by atoms with van der Waals surface area (Å²) in [4.78, 5) is 35.8. The van der Waals surface area contributed by atoms with Crippen molar-refractivity contribution in [2.75, 3.05) is 14.2 Å². The Morgan fingerprint density at radius 3 is 2.56 bits per heavy atom. The molecule has 0 spiro atoms. The maximum absolute atomic E-state index is 12.8. The van der Waals surface area contributed by atoms with E-state index in [1.165, 1.54) is 37.1 Å². The molecule has 1 N–H and O–H groups in total.